The second kappa shape index (κ2) is 45.9. The van der Waals surface area contributed by atoms with Crippen LogP contribution < -0.4 is 0 Å². The van der Waals surface area contributed by atoms with E-state index >= 15 is 0 Å². The average Bonchev–Trinajstić information content (AvgIpc) is 2.66. The molecule has 0 amide bonds. The summed E-state index contributed by atoms with van der Waals surface area (Å²) in [5, 5.41) is 0. The zero-order chi connectivity index (χ0) is 21.7. The normalized spacial score (nSPS) is 7.48. The Balaban J connectivity index is -0.0000000338. The predicted octanol–water partition coefficient (Wildman–Crippen LogP) is 10.3. The van der Waals surface area contributed by atoms with Gasteiger partial charge in [-0.2, -0.15) is 0 Å². The fourth-order valence-electron chi connectivity index (χ4n) is 2.79. The van der Waals surface area contributed by atoms with Crippen molar-refractivity contribution >= 4 is 0 Å². The molecule has 1 rings (SSSR count). The van der Waals surface area contributed by atoms with Gasteiger partial charge < -0.3 is 14.9 Å². The van der Waals surface area contributed by atoms with Crippen LogP contribution in [0.1, 0.15) is 119 Å². The molecule has 183 valence electrons. The summed E-state index contributed by atoms with van der Waals surface area (Å²) in [5.41, 5.74) is 6.04. The third-order valence-corrected chi connectivity index (χ3v) is 3.80. The molecule has 0 aromatic heterocycles. The second-order valence-corrected chi connectivity index (χ2v) is 6.62. The first kappa shape index (κ1) is 59.0. The Labute approximate surface area is 278 Å². The van der Waals surface area contributed by atoms with Crippen LogP contribution in [0.3, 0.4) is 0 Å². The molecular weight excluding hydrogens is 603 g/mol. The number of hydrogen-bond donors (Lipinski definition) is 0. The van der Waals surface area contributed by atoms with Crippen molar-refractivity contribution in [2.24, 2.45) is 11.8 Å². The number of rotatable bonds is 5. The fraction of sp³-hybridized carbons (Fsp3) is 0.714. The summed E-state index contributed by atoms with van der Waals surface area (Å²) in [6.07, 6.45) is 4.83. The van der Waals surface area contributed by atoms with Gasteiger partial charge in [-0.1, -0.05) is 102 Å². The SMILES string of the molecule is CC.CC.CC.CC(C)CC(C)C.CCc1cc(CC)c(C)c(CC)c1.[CH3-].[CH3-].[Y].[Y].[Y]. The van der Waals surface area contributed by atoms with Crippen molar-refractivity contribution in [3.8, 4) is 0 Å². The molecule has 0 aliphatic rings. The van der Waals surface area contributed by atoms with E-state index in [9.17, 15) is 0 Å². The minimum absolute atomic E-state index is 0. The van der Waals surface area contributed by atoms with Gasteiger partial charge in [0.25, 0.3) is 0 Å². The van der Waals surface area contributed by atoms with E-state index in [0.717, 1.165) is 31.1 Å². The molecule has 0 heterocycles. The zero-order valence-electron chi connectivity index (χ0n) is 24.9. The first-order valence-corrected chi connectivity index (χ1v) is 11.5. The van der Waals surface area contributed by atoms with Crippen LogP contribution in [0.2, 0.25) is 0 Å². The van der Waals surface area contributed by atoms with Crippen LogP contribution in [0.5, 0.6) is 0 Å². The van der Waals surface area contributed by atoms with Crippen LogP contribution in [0.25, 0.3) is 0 Å². The molecule has 1 aromatic rings. The van der Waals surface area contributed by atoms with E-state index < -0.39 is 0 Å². The largest absolute Gasteiger partial charge is 0.358 e. The predicted molar refractivity (Wildman–Crippen MR) is 140 cm³/mol. The minimum Gasteiger partial charge on any atom is -0.358 e. The Kier molecular flexibility index (Phi) is 87.4. The van der Waals surface area contributed by atoms with Crippen LogP contribution in [0.15, 0.2) is 12.1 Å². The fourth-order valence-corrected chi connectivity index (χ4v) is 2.79. The Morgan fingerprint density at radius 3 is 0.968 bits per heavy atom. The summed E-state index contributed by atoms with van der Waals surface area (Å²) < 4.78 is 0. The molecule has 1 aromatic carbocycles. The van der Waals surface area contributed by atoms with E-state index in [-0.39, 0.29) is 113 Å². The van der Waals surface area contributed by atoms with E-state index in [1.165, 1.54) is 28.7 Å². The maximum absolute atomic E-state index is 2.36. The summed E-state index contributed by atoms with van der Waals surface area (Å²) in [5.74, 6) is 1.75. The maximum atomic E-state index is 2.36. The zero-order valence-corrected chi connectivity index (χ0v) is 33.4. The topological polar surface area (TPSA) is 0 Å². The second-order valence-electron chi connectivity index (χ2n) is 6.62. The molecule has 0 atom stereocenters. The van der Waals surface area contributed by atoms with E-state index in [0.29, 0.717) is 0 Å². The van der Waals surface area contributed by atoms with E-state index in [1.807, 2.05) is 41.5 Å². The molecule has 0 N–H and O–H groups in total. The van der Waals surface area contributed by atoms with Gasteiger partial charge in [0.1, 0.15) is 0 Å². The van der Waals surface area contributed by atoms with Crippen LogP contribution in [-0.2, 0) is 117 Å². The van der Waals surface area contributed by atoms with Crippen molar-refractivity contribution in [1.29, 1.82) is 0 Å². The van der Waals surface area contributed by atoms with E-state index in [1.54, 1.807) is 0 Å². The summed E-state index contributed by atoms with van der Waals surface area (Å²) in [4.78, 5) is 0. The van der Waals surface area contributed by atoms with Gasteiger partial charge in [-0.25, -0.2) is 0 Å². The summed E-state index contributed by atoms with van der Waals surface area (Å²) in [6, 6.07) is 4.71. The smallest absolute Gasteiger partial charge is 0 e. The molecule has 0 aliphatic heterocycles. The van der Waals surface area contributed by atoms with Gasteiger partial charge in [0.2, 0.25) is 0 Å². The number of hydrogen-bond acceptors (Lipinski definition) is 0. The van der Waals surface area contributed by atoms with Crippen molar-refractivity contribution in [1.82, 2.24) is 0 Å². The molecular formula is C28H60Y3-2. The molecule has 0 saturated carbocycles. The third-order valence-electron chi connectivity index (χ3n) is 3.80. The van der Waals surface area contributed by atoms with Gasteiger partial charge in [-0.15, -0.1) is 0 Å². The molecule has 0 bridgehead atoms. The molecule has 0 unspecified atom stereocenters. The van der Waals surface area contributed by atoms with Gasteiger partial charge in [-0.3, -0.25) is 0 Å². The van der Waals surface area contributed by atoms with Gasteiger partial charge >= 0.3 is 0 Å². The molecule has 0 nitrogen and oxygen atoms in total. The van der Waals surface area contributed by atoms with Crippen molar-refractivity contribution in [3.05, 3.63) is 49.2 Å². The third kappa shape index (κ3) is 37.3. The van der Waals surface area contributed by atoms with Gasteiger partial charge in [0.15, 0.2) is 0 Å². The average molecular weight is 664 g/mol. The van der Waals surface area contributed by atoms with Gasteiger partial charge in [-0.05, 0) is 66.7 Å². The summed E-state index contributed by atoms with van der Waals surface area (Å²) >= 11 is 0. The minimum atomic E-state index is 0. The first-order valence-electron chi connectivity index (χ1n) is 11.5. The van der Waals surface area contributed by atoms with Crippen molar-refractivity contribution in [3.63, 3.8) is 0 Å². The van der Waals surface area contributed by atoms with E-state index in [4.69, 9.17) is 0 Å². The first-order chi connectivity index (χ1) is 12.3. The summed E-state index contributed by atoms with van der Waals surface area (Å²) in [7, 11) is 0. The molecule has 0 spiro atoms. The maximum Gasteiger partial charge on any atom is 0 e. The van der Waals surface area contributed by atoms with Crippen LogP contribution in [0, 0.1) is 33.6 Å². The molecule has 0 saturated heterocycles. The molecule has 31 heavy (non-hydrogen) atoms. The van der Waals surface area contributed by atoms with E-state index in [2.05, 4.69) is 67.5 Å². The number of aryl methyl sites for hydroxylation is 3. The standard InChI is InChI=1S/C13H20.C7H16.3C2H6.2CH3.3Y/c1-5-11-8-12(6-2)10(4)13(7-3)9-11;1-6(2)5-7(3)4;3*1-2;;;;;/h8-9H,5-7H2,1-4H3;6-7H,5H2,1-4H3;3*1-2H3;2*1H3;;;/q;;;;;2*-1;;;. The molecule has 3 radical (unpaired) electrons. The van der Waals surface area contributed by atoms with Crippen LogP contribution in [0.4, 0.5) is 0 Å². The van der Waals surface area contributed by atoms with Crippen molar-refractivity contribution in [2.45, 2.75) is 123 Å². The quantitative estimate of drug-likeness (QED) is 0.275. The van der Waals surface area contributed by atoms with Gasteiger partial charge in [0, 0.05) is 98.1 Å². The van der Waals surface area contributed by atoms with Gasteiger partial charge in [0.05, 0.1) is 0 Å². The Hall–Kier alpha value is 2.53. The summed E-state index contributed by atoms with van der Waals surface area (Å²) in [6.45, 7) is 30.0. The number of benzene rings is 1. The van der Waals surface area contributed by atoms with Crippen LogP contribution >= 0.6 is 0 Å². The molecule has 0 aliphatic carbocycles. The Morgan fingerprint density at radius 1 is 0.581 bits per heavy atom. The monoisotopic (exact) mass is 663 g/mol. The van der Waals surface area contributed by atoms with Crippen molar-refractivity contribution < 1.29 is 98.1 Å². The van der Waals surface area contributed by atoms with Crippen molar-refractivity contribution in [2.75, 3.05) is 0 Å². The van der Waals surface area contributed by atoms with Crippen LogP contribution in [-0.4, -0.2) is 0 Å². The Morgan fingerprint density at radius 2 is 0.839 bits per heavy atom. The molecule has 0 fully saturated rings. The Bertz CT molecular complexity index is 355. The molecule has 3 heteroatoms.